The number of likely N-dealkylation sites (N-methyl/N-ethyl adjacent to an activating group) is 2. The number of nitrogens with zero attached hydrogens (tertiary/aromatic N) is 5. The van der Waals surface area contributed by atoms with Crippen molar-refractivity contribution >= 4 is 18.4 Å². The van der Waals surface area contributed by atoms with Gasteiger partial charge in [0.2, 0.25) is 0 Å². The van der Waals surface area contributed by atoms with Gasteiger partial charge in [0, 0.05) is 45.8 Å². The standard InChI is InChI=1S/C24H34F2N6O4/c1-15-14-32(21-18(25)16(34-5)13-17(35-6)19(21)26)24(33)30(4)20(15)22(23(27)28-2)36-12-11-31-9-7-29(3)8-10-31/h13H,2,7-12,14,27H2,1,3-6H3/b23-22+. The third-order valence-corrected chi connectivity index (χ3v) is 6.34. The summed E-state index contributed by atoms with van der Waals surface area (Å²) in [5.74, 6) is -2.33. The van der Waals surface area contributed by atoms with E-state index in [-0.39, 0.29) is 29.6 Å². The van der Waals surface area contributed by atoms with Crippen molar-refractivity contribution in [3.63, 3.8) is 0 Å². The number of anilines is 1. The number of hydrogen-bond acceptors (Lipinski definition) is 8. The monoisotopic (exact) mass is 508 g/mol. The molecule has 0 saturated carbocycles. The third-order valence-electron chi connectivity index (χ3n) is 6.34. The zero-order valence-corrected chi connectivity index (χ0v) is 21.4. The fourth-order valence-corrected chi connectivity index (χ4v) is 4.26. The van der Waals surface area contributed by atoms with Gasteiger partial charge in [-0.1, -0.05) is 0 Å². The van der Waals surface area contributed by atoms with Crippen LogP contribution in [-0.2, 0) is 4.74 Å². The van der Waals surface area contributed by atoms with E-state index in [4.69, 9.17) is 19.9 Å². The largest absolute Gasteiger partial charge is 0.493 e. The minimum absolute atomic E-state index is 0.0104. The van der Waals surface area contributed by atoms with Crippen molar-refractivity contribution in [1.29, 1.82) is 0 Å². The summed E-state index contributed by atoms with van der Waals surface area (Å²) in [7, 11) is 6.04. The molecule has 0 bridgehead atoms. The topological polar surface area (TPSA) is 96.1 Å². The summed E-state index contributed by atoms with van der Waals surface area (Å²) < 4.78 is 46.3. The number of aliphatic imine (C=N–C) groups is 1. The average Bonchev–Trinajstić information content (AvgIpc) is 2.86. The van der Waals surface area contributed by atoms with Gasteiger partial charge < -0.3 is 24.8 Å². The van der Waals surface area contributed by atoms with E-state index in [2.05, 4.69) is 28.6 Å². The second-order valence-electron chi connectivity index (χ2n) is 8.68. The van der Waals surface area contributed by atoms with Crippen molar-refractivity contribution in [3.8, 4) is 11.5 Å². The number of halogens is 2. The molecule has 1 aromatic carbocycles. The van der Waals surface area contributed by atoms with Crippen LogP contribution in [0.25, 0.3) is 0 Å². The summed E-state index contributed by atoms with van der Waals surface area (Å²) in [6, 6.07) is 0.395. The van der Waals surface area contributed by atoms with Crippen LogP contribution in [0.3, 0.4) is 0 Å². The number of urea groups is 1. The molecule has 0 atom stereocenters. The van der Waals surface area contributed by atoms with Gasteiger partial charge in [0.1, 0.15) is 12.3 Å². The molecule has 2 amide bonds. The Balaban J connectivity index is 1.91. The van der Waals surface area contributed by atoms with Gasteiger partial charge in [-0.3, -0.25) is 14.7 Å². The van der Waals surface area contributed by atoms with Gasteiger partial charge in [0.25, 0.3) is 0 Å². The number of carbonyl (C=O) groups is 1. The van der Waals surface area contributed by atoms with Crippen molar-refractivity contribution in [2.45, 2.75) is 6.92 Å². The Labute approximate surface area is 210 Å². The average molecular weight is 509 g/mol. The fourth-order valence-electron chi connectivity index (χ4n) is 4.26. The fraction of sp³-hybridized carbons (Fsp3) is 0.500. The zero-order valence-electron chi connectivity index (χ0n) is 21.4. The first-order chi connectivity index (χ1) is 17.1. The maximum Gasteiger partial charge on any atom is 0.329 e. The van der Waals surface area contributed by atoms with E-state index in [0.29, 0.717) is 24.4 Å². The first-order valence-electron chi connectivity index (χ1n) is 11.5. The van der Waals surface area contributed by atoms with Crippen molar-refractivity contribution < 1.29 is 27.8 Å². The van der Waals surface area contributed by atoms with Crippen molar-refractivity contribution in [2.75, 3.05) is 79.1 Å². The van der Waals surface area contributed by atoms with Crippen LogP contribution < -0.4 is 20.1 Å². The molecule has 0 radical (unpaired) electrons. The van der Waals surface area contributed by atoms with E-state index in [1.165, 1.54) is 26.2 Å². The number of methoxy groups -OCH3 is 2. The maximum atomic E-state index is 15.1. The molecule has 1 saturated heterocycles. The number of amides is 2. The number of piperazine rings is 1. The third kappa shape index (κ3) is 5.39. The molecule has 12 heteroatoms. The van der Waals surface area contributed by atoms with Crippen molar-refractivity contribution in [2.24, 2.45) is 10.7 Å². The van der Waals surface area contributed by atoms with Gasteiger partial charge in [-0.25, -0.2) is 18.6 Å². The van der Waals surface area contributed by atoms with Crippen LogP contribution >= 0.6 is 0 Å². The maximum absolute atomic E-state index is 15.1. The summed E-state index contributed by atoms with van der Waals surface area (Å²) in [5.41, 5.74) is 6.47. The van der Waals surface area contributed by atoms with Gasteiger partial charge >= 0.3 is 6.03 Å². The van der Waals surface area contributed by atoms with Gasteiger partial charge in [-0.15, -0.1) is 0 Å². The molecule has 1 fully saturated rings. The van der Waals surface area contributed by atoms with Crippen LogP contribution in [0.1, 0.15) is 6.92 Å². The number of hydrogen-bond donors (Lipinski definition) is 1. The lowest BCUT2D eigenvalue weighted by Gasteiger charge is -2.37. The van der Waals surface area contributed by atoms with Crippen LogP contribution in [0.5, 0.6) is 11.5 Å². The highest BCUT2D eigenvalue weighted by atomic mass is 19.1. The van der Waals surface area contributed by atoms with Gasteiger partial charge in [-0.05, 0) is 26.3 Å². The first-order valence-corrected chi connectivity index (χ1v) is 11.5. The van der Waals surface area contributed by atoms with Gasteiger partial charge in [-0.2, -0.15) is 0 Å². The smallest absolute Gasteiger partial charge is 0.329 e. The van der Waals surface area contributed by atoms with Crippen LogP contribution in [0.4, 0.5) is 19.3 Å². The van der Waals surface area contributed by atoms with E-state index >= 15 is 8.78 Å². The Bertz CT molecular complexity index is 1040. The number of rotatable bonds is 9. The molecule has 10 nitrogen and oxygen atoms in total. The Hall–Kier alpha value is -3.38. The predicted octanol–water partition coefficient (Wildman–Crippen LogP) is 2.22. The predicted molar refractivity (Wildman–Crippen MR) is 133 cm³/mol. The lowest BCUT2D eigenvalue weighted by molar-refractivity contribution is 0.111. The molecule has 1 aromatic rings. The molecule has 2 heterocycles. The van der Waals surface area contributed by atoms with E-state index < -0.39 is 23.4 Å². The number of carbonyl (C=O) groups excluding carboxylic acids is 1. The molecule has 3 rings (SSSR count). The lowest BCUT2D eigenvalue weighted by Crippen LogP contribution is -2.48. The highest BCUT2D eigenvalue weighted by Crippen LogP contribution is 2.40. The molecule has 2 N–H and O–H groups in total. The quantitative estimate of drug-likeness (QED) is 0.404. The molecular weight excluding hydrogens is 474 g/mol. The van der Waals surface area contributed by atoms with E-state index in [1.54, 1.807) is 6.92 Å². The number of ether oxygens (including phenoxy) is 3. The molecular formula is C24H34F2N6O4. The second kappa shape index (κ2) is 11.6. The van der Waals surface area contributed by atoms with Gasteiger partial charge in [0.05, 0.1) is 26.5 Å². The molecule has 2 aliphatic rings. The summed E-state index contributed by atoms with van der Waals surface area (Å²) in [5, 5.41) is 0. The normalized spacial score (nSPS) is 18.4. The highest BCUT2D eigenvalue weighted by Gasteiger charge is 2.37. The lowest BCUT2D eigenvalue weighted by atomic mass is 10.1. The van der Waals surface area contributed by atoms with Crippen LogP contribution in [0.2, 0.25) is 0 Å². The SMILES string of the molecule is C=N/C(N)=C(/OCCN1CCN(C)CC1)C1=C(C)CN(c2c(F)c(OC)cc(OC)c2F)C(=O)N1C. The van der Waals surface area contributed by atoms with Crippen molar-refractivity contribution in [3.05, 3.63) is 40.6 Å². The van der Waals surface area contributed by atoms with Crippen LogP contribution in [0, 0.1) is 11.6 Å². The van der Waals surface area contributed by atoms with E-state index in [1.807, 2.05) is 0 Å². The molecule has 0 unspecified atom stereocenters. The number of benzene rings is 1. The zero-order chi connectivity index (χ0) is 26.6. The Morgan fingerprint density at radius 1 is 1.11 bits per heavy atom. The summed E-state index contributed by atoms with van der Waals surface area (Å²) >= 11 is 0. The minimum Gasteiger partial charge on any atom is -0.493 e. The molecule has 0 spiro atoms. The van der Waals surface area contributed by atoms with E-state index in [0.717, 1.165) is 37.1 Å². The Morgan fingerprint density at radius 2 is 1.69 bits per heavy atom. The van der Waals surface area contributed by atoms with Crippen LogP contribution in [-0.4, -0.2) is 102 Å². The number of nitrogens with two attached hydrogens (primary N) is 1. The molecule has 0 aromatic heterocycles. The molecule has 36 heavy (non-hydrogen) atoms. The molecule has 198 valence electrons. The summed E-state index contributed by atoms with van der Waals surface area (Å²) in [4.78, 5) is 23.9. The van der Waals surface area contributed by atoms with E-state index in [9.17, 15) is 4.79 Å². The minimum atomic E-state index is -1.01. The molecule has 2 aliphatic heterocycles. The van der Waals surface area contributed by atoms with Crippen molar-refractivity contribution in [1.82, 2.24) is 14.7 Å². The Kier molecular flexibility index (Phi) is 8.75. The summed E-state index contributed by atoms with van der Waals surface area (Å²) in [6.45, 7) is 9.84. The van der Waals surface area contributed by atoms with Crippen LogP contribution in [0.15, 0.2) is 33.9 Å². The highest BCUT2D eigenvalue weighted by molar-refractivity contribution is 5.96. The van der Waals surface area contributed by atoms with Gasteiger partial charge in [0.15, 0.2) is 34.7 Å². The second-order valence-corrected chi connectivity index (χ2v) is 8.68. The first kappa shape index (κ1) is 27.2. The summed E-state index contributed by atoms with van der Waals surface area (Å²) in [6.07, 6.45) is 0. The molecule has 0 aliphatic carbocycles. The Morgan fingerprint density at radius 3 is 2.22 bits per heavy atom.